The molecule has 90 valence electrons. The molecule has 0 radical (unpaired) electrons. The SMILES string of the molecule is CCC(OC(O)C(C)O)N1CCOCC1. The number of hydrogen-bond donors (Lipinski definition) is 2. The van der Waals surface area contributed by atoms with Crippen LogP contribution in [0.4, 0.5) is 0 Å². The van der Waals surface area contributed by atoms with Crippen molar-refractivity contribution in [3.05, 3.63) is 0 Å². The molecule has 1 fully saturated rings. The van der Waals surface area contributed by atoms with Crippen LogP contribution < -0.4 is 0 Å². The van der Waals surface area contributed by atoms with Crippen LogP contribution in [0.1, 0.15) is 20.3 Å². The molecule has 5 nitrogen and oxygen atoms in total. The van der Waals surface area contributed by atoms with E-state index < -0.39 is 12.4 Å². The fraction of sp³-hybridized carbons (Fsp3) is 1.00. The maximum atomic E-state index is 9.43. The molecule has 5 heteroatoms. The summed E-state index contributed by atoms with van der Waals surface area (Å²) in [6.07, 6.45) is -1.33. The molecule has 0 aromatic carbocycles. The van der Waals surface area contributed by atoms with Crippen LogP contribution in [0.15, 0.2) is 0 Å². The second kappa shape index (κ2) is 6.40. The first-order chi connectivity index (χ1) is 7.15. The third kappa shape index (κ3) is 4.04. The highest BCUT2D eigenvalue weighted by Crippen LogP contribution is 2.11. The second-order valence-corrected chi connectivity index (χ2v) is 3.78. The smallest absolute Gasteiger partial charge is 0.182 e. The number of morpholine rings is 1. The van der Waals surface area contributed by atoms with Crippen LogP contribution in [-0.2, 0) is 9.47 Å². The molecule has 3 unspecified atom stereocenters. The van der Waals surface area contributed by atoms with Gasteiger partial charge in [0.05, 0.1) is 13.2 Å². The molecular formula is C10H21NO4. The molecular weight excluding hydrogens is 198 g/mol. The number of aliphatic hydroxyl groups is 2. The van der Waals surface area contributed by atoms with Crippen molar-refractivity contribution >= 4 is 0 Å². The van der Waals surface area contributed by atoms with Gasteiger partial charge in [-0.15, -0.1) is 0 Å². The minimum Gasteiger partial charge on any atom is -0.388 e. The van der Waals surface area contributed by atoms with Gasteiger partial charge >= 0.3 is 0 Å². The topological polar surface area (TPSA) is 62.2 Å². The van der Waals surface area contributed by atoms with E-state index in [9.17, 15) is 5.11 Å². The Morgan fingerprint density at radius 2 is 1.93 bits per heavy atom. The van der Waals surface area contributed by atoms with Crippen LogP contribution >= 0.6 is 0 Å². The third-order valence-corrected chi connectivity index (χ3v) is 2.51. The van der Waals surface area contributed by atoms with E-state index in [-0.39, 0.29) is 6.23 Å². The Morgan fingerprint density at radius 3 is 2.40 bits per heavy atom. The largest absolute Gasteiger partial charge is 0.388 e. The first-order valence-electron chi connectivity index (χ1n) is 5.48. The number of ether oxygens (including phenoxy) is 2. The Kier molecular flexibility index (Phi) is 5.49. The summed E-state index contributed by atoms with van der Waals surface area (Å²) in [7, 11) is 0. The molecule has 1 heterocycles. The van der Waals surface area contributed by atoms with Gasteiger partial charge in [-0.05, 0) is 13.3 Å². The lowest BCUT2D eigenvalue weighted by Gasteiger charge is -2.35. The predicted octanol–water partition coefficient (Wildman–Crippen LogP) is -0.230. The molecule has 0 aromatic heterocycles. The van der Waals surface area contributed by atoms with E-state index in [1.165, 1.54) is 6.92 Å². The second-order valence-electron chi connectivity index (χ2n) is 3.78. The van der Waals surface area contributed by atoms with E-state index in [1.54, 1.807) is 0 Å². The Bertz CT molecular complexity index is 171. The number of hydrogen-bond acceptors (Lipinski definition) is 5. The zero-order valence-electron chi connectivity index (χ0n) is 9.43. The molecule has 0 aliphatic carbocycles. The average molecular weight is 219 g/mol. The van der Waals surface area contributed by atoms with Gasteiger partial charge in [-0.2, -0.15) is 0 Å². The van der Waals surface area contributed by atoms with Crippen molar-refractivity contribution < 1.29 is 19.7 Å². The molecule has 0 spiro atoms. The molecule has 3 atom stereocenters. The highest BCUT2D eigenvalue weighted by Gasteiger charge is 2.24. The van der Waals surface area contributed by atoms with Gasteiger partial charge in [-0.25, -0.2) is 0 Å². The quantitative estimate of drug-likeness (QED) is 0.625. The van der Waals surface area contributed by atoms with Gasteiger partial charge in [0.15, 0.2) is 6.29 Å². The Labute approximate surface area is 90.6 Å². The van der Waals surface area contributed by atoms with Crippen molar-refractivity contribution in [2.75, 3.05) is 26.3 Å². The van der Waals surface area contributed by atoms with Crippen LogP contribution in [-0.4, -0.2) is 60.0 Å². The normalized spacial score (nSPS) is 24.8. The van der Waals surface area contributed by atoms with Crippen LogP contribution in [0, 0.1) is 0 Å². The summed E-state index contributed by atoms with van der Waals surface area (Å²) in [5, 5.41) is 18.6. The van der Waals surface area contributed by atoms with Crippen molar-refractivity contribution in [3.8, 4) is 0 Å². The van der Waals surface area contributed by atoms with E-state index in [2.05, 4.69) is 4.90 Å². The maximum absolute atomic E-state index is 9.43. The van der Waals surface area contributed by atoms with Gasteiger partial charge < -0.3 is 19.7 Å². The van der Waals surface area contributed by atoms with Gasteiger partial charge in [-0.1, -0.05) is 6.92 Å². The van der Waals surface area contributed by atoms with Crippen molar-refractivity contribution in [2.45, 2.75) is 38.9 Å². The molecule has 15 heavy (non-hydrogen) atoms. The number of nitrogens with zero attached hydrogens (tertiary/aromatic N) is 1. The molecule has 1 aliphatic heterocycles. The molecule has 0 saturated carbocycles. The Balaban J connectivity index is 2.39. The summed E-state index contributed by atoms with van der Waals surface area (Å²) in [6.45, 7) is 6.52. The van der Waals surface area contributed by atoms with Crippen LogP contribution in [0.25, 0.3) is 0 Å². The Morgan fingerprint density at radius 1 is 1.33 bits per heavy atom. The van der Waals surface area contributed by atoms with Crippen molar-refractivity contribution in [3.63, 3.8) is 0 Å². The summed E-state index contributed by atoms with van der Waals surface area (Å²) in [5.41, 5.74) is 0. The van der Waals surface area contributed by atoms with Gasteiger partial charge in [0, 0.05) is 13.1 Å². The fourth-order valence-corrected chi connectivity index (χ4v) is 1.58. The van der Waals surface area contributed by atoms with Gasteiger partial charge in [0.2, 0.25) is 0 Å². The van der Waals surface area contributed by atoms with Gasteiger partial charge in [0.1, 0.15) is 12.3 Å². The van der Waals surface area contributed by atoms with Gasteiger partial charge in [0.25, 0.3) is 0 Å². The summed E-state index contributed by atoms with van der Waals surface area (Å²) < 4.78 is 10.6. The van der Waals surface area contributed by atoms with E-state index >= 15 is 0 Å². The third-order valence-electron chi connectivity index (χ3n) is 2.51. The number of rotatable bonds is 5. The van der Waals surface area contributed by atoms with E-state index in [4.69, 9.17) is 14.6 Å². The average Bonchev–Trinajstić information content (AvgIpc) is 2.26. The Hall–Kier alpha value is -0.200. The van der Waals surface area contributed by atoms with Crippen molar-refractivity contribution in [1.29, 1.82) is 0 Å². The molecule has 1 aliphatic rings. The van der Waals surface area contributed by atoms with Gasteiger partial charge in [-0.3, -0.25) is 4.90 Å². The fourth-order valence-electron chi connectivity index (χ4n) is 1.58. The molecule has 0 amide bonds. The van der Waals surface area contributed by atoms with E-state index in [0.29, 0.717) is 13.2 Å². The zero-order chi connectivity index (χ0) is 11.3. The van der Waals surface area contributed by atoms with Crippen LogP contribution in [0.2, 0.25) is 0 Å². The van der Waals surface area contributed by atoms with Crippen LogP contribution in [0.5, 0.6) is 0 Å². The molecule has 0 aromatic rings. The first kappa shape index (κ1) is 12.9. The summed E-state index contributed by atoms with van der Waals surface area (Å²) >= 11 is 0. The van der Waals surface area contributed by atoms with Crippen molar-refractivity contribution in [2.24, 2.45) is 0 Å². The minimum absolute atomic E-state index is 0.140. The molecule has 0 bridgehead atoms. The summed E-state index contributed by atoms with van der Waals surface area (Å²) in [5.74, 6) is 0. The highest BCUT2D eigenvalue weighted by atomic mass is 16.6. The molecule has 2 N–H and O–H groups in total. The summed E-state index contributed by atoms with van der Waals surface area (Å²) in [4.78, 5) is 2.12. The number of aliphatic hydroxyl groups excluding tert-OH is 2. The van der Waals surface area contributed by atoms with Crippen molar-refractivity contribution in [1.82, 2.24) is 4.90 Å². The summed E-state index contributed by atoms with van der Waals surface area (Å²) in [6, 6.07) is 0. The standard InChI is InChI=1S/C10H21NO4/c1-3-9(15-10(13)8(2)12)11-4-6-14-7-5-11/h8-10,12-13H,3-7H2,1-2H3. The highest BCUT2D eigenvalue weighted by molar-refractivity contribution is 4.67. The van der Waals surface area contributed by atoms with Crippen LogP contribution in [0.3, 0.4) is 0 Å². The minimum atomic E-state index is -1.11. The first-order valence-corrected chi connectivity index (χ1v) is 5.48. The van der Waals surface area contributed by atoms with E-state index in [0.717, 1.165) is 19.5 Å². The lowest BCUT2D eigenvalue weighted by Crippen LogP contribution is -2.47. The molecule has 1 rings (SSSR count). The molecule has 1 saturated heterocycles. The predicted molar refractivity (Wildman–Crippen MR) is 55.2 cm³/mol. The lowest BCUT2D eigenvalue weighted by molar-refractivity contribution is -0.224. The zero-order valence-corrected chi connectivity index (χ0v) is 9.43. The lowest BCUT2D eigenvalue weighted by atomic mass is 10.3. The monoisotopic (exact) mass is 219 g/mol. The maximum Gasteiger partial charge on any atom is 0.182 e. The van der Waals surface area contributed by atoms with E-state index in [1.807, 2.05) is 6.92 Å².